The van der Waals surface area contributed by atoms with Gasteiger partial charge in [-0.05, 0) is 36.7 Å². The quantitative estimate of drug-likeness (QED) is 0.331. The Morgan fingerprint density at radius 2 is 1.92 bits per heavy atom. The summed E-state index contributed by atoms with van der Waals surface area (Å²) in [7, 11) is 1.30. The first-order valence-corrected chi connectivity index (χ1v) is 3.48. The van der Waals surface area contributed by atoms with E-state index in [1.807, 2.05) is 0 Å². The smallest absolute Gasteiger partial charge is 0.331 e. The number of carbonyl (C=O) groups is 1. The second-order valence-electron chi connectivity index (χ2n) is 1.75. The molecule has 0 spiro atoms. The van der Waals surface area contributed by atoms with Gasteiger partial charge in [0.25, 0.3) is 0 Å². The van der Waals surface area contributed by atoms with E-state index in [0.717, 1.165) is 0 Å². The SMILES string of the molecule is CC#CC#CC#CC=CC(=O)OC. The fourth-order valence-electron chi connectivity index (χ4n) is 0.381. The van der Waals surface area contributed by atoms with Crippen molar-refractivity contribution in [3.8, 4) is 35.5 Å². The number of hydrogen-bond acceptors (Lipinski definition) is 2. The summed E-state index contributed by atoms with van der Waals surface area (Å²) in [5, 5.41) is 0. The van der Waals surface area contributed by atoms with Gasteiger partial charge in [-0.1, -0.05) is 11.8 Å². The van der Waals surface area contributed by atoms with Gasteiger partial charge < -0.3 is 4.74 Å². The molecule has 0 aliphatic heterocycles. The Kier molecular flexibility index (Phi) is 6.69. The third-order valence-electron chi connectivity index (χ3n) is 0.889. The summed E-state index contributed by atoms with van der Waals surface area (Å²) in [6, 6.07) is 0. The van der Waals surface area contributed by atoms with E-state index in [-0.39, 0.29) is 0 Å². The van der Waals surface area contributed by atoms with E-state index in [9.17, 15) is 4.79 Å². The highest BCUT2D eigenvalue weighted by molar-refractivity contribution is 5.82. The van der Waals surface area contributed by atoms with Gasteiger partial charge in [0.2, 0.25) is 0 Å². The van der Waals surface area contributed by atoms with Crippen LogP contribution >= 0.6 is 0 Å². The summed E-state index contributed by atoms with van der Waals surface area (Å²) in [4.78, 5) is 10.5. The average Bonchev–Trinajstić information content (AvgIpc) is 2.16. The van der Waals surface area contributed by atoms with E-state index in [2.05, 4.69) is 40.3 Å². The molecule has 0 aromatic carbocycles. The molecule has 0 amide bonds. The predicted molar refractivity (Wildman–Crippen MR) is 50.2 cm³/mol. The van der Waals surface area contributed by atoms with Gasteiger partial charge in [0.05, 0.1) is 7.11 Å². The van der Waals surface area contributed by atoms with E-state index < -0.39 is 5.97 Å². The average molecular weight is 172 g/mol. The Hall–Kier alpha value is -2.11. The maximum atomic E-state index is 10.5. The molecule has 0 fully saturated rings. The molecule has 2 heteroatoms. The molecule has 2 nitrogen and oxygen atoms in total. The molecular formula is C11H8O2. The van der Waals surface area contributed by atoms with Crippen LogP contribution in [0.1, 0.15) is 6.92 Å². The minimum Gasteiger partial charge on any atom is -0.466 e. The van der Waals surface area contributed by atoms with E-state index >= 15 is 0 Å². The lowest BCUT2D eigenvalue weighted by molar-refractivity contribution is -0.134. The van der Waals surface area contributed by atoms with Crippen molar-refractivity contribution >= 4 is 5.97 Å². The Balaban J connectivity index is 4.00. The summed E-state index contributed by atoms with van der Waals surface area (Å²) in [6.45, 7) is 1.69. The zero-order chi connectivity index (χ0) is 9.94. The second-order valence-corrected chi connectivity index (χ2v) is 1.75. The monoisotopic (exact) mass is 172 g/mol. The molecule has 0 heterocycles. The summed E-state index contributed by atoms with van der Waals surface area (Å²) >= 11 is 0. The zero-order valence-electron chi connectivity index (χ0n) is 7.47. The molecule has 0 saturated carbocycles. The van der Waals surface area contributed by atoms with Gasteiger partial charge in [0.1, 0.15) is 0 Å². The molecule has 0 saturated heterocycles. The molecule has 0 N–H and O–H groups in total. The molecule has 0 aromatic rings. The number of carbonyl (C=O) groups excluding carboxylic acids is 1. The van der Waals surface area contributed by atoms with Crippen molar-refractivity contribution in [2.75, 3.05) is 7.11 Å². The highest BCUT2D eigenvalue weighted by Crippen LogP contribution is 1.75. The molecule has 0 atom stereocenters. The Morgan fingerprint density at radius 3 is 2.54 bits per heavy atom. The second kappa shape index (κ2) is 7.99. The van der Waals surface area contributed by atoms with Gasteiger partial charge >= 0.3 is 5.97 Å². The number of hydrogen-bond donors (Lipinski definition) is 0. The van der Waals surface area contributed by atoms with Crippen molar-refractivity contribution in [2.45, 2.75) is 6.92 Å². The van der Waals surface area contributed by atoms with Gasteiger partial charge in [-0.2, -0.15) is 0 Å². The largest absolute Gasteiger partial charge is 0.466 e. The number of ether oxygens (including phenoxy) is 1. The third-order valence-corrected chi connectivity index (χ3v) is 0.889. The fourth-order valence-corrected chi connectivity index (χ4v) is 0.381. The van der Waals surface area contributed by atoms with Crippen LogP contribution in [0.25, 0.3) is 0 Å². The minimum atomic E-state index is -0.435. The Morgan fingerprint density at radius 1 is 1.23 bits per heavy atom. The molecule has 0 radical (unpaired) electrons. The molecule has 0 bridgehead atoms. The first-order valence-electron chi connectivity index (χ1n) is 3.48. The van der Waals surface area contributed by atoms with Crippen LogP contribution in [0.4, 0.5) is 0 Å². The van der Waals surface area contributed by atoms with Crippen LogP contribution in [0.5, 0.6) is 0 Å². The highest BCUT2D eigenvalue weighted by Gasteiger charge is 1.85. The van der Waals surface area contributed by atoms with Crippen LogP contribution in [0.15, 0.2) is 12.2 Å². The summed E-state index contributed by atoms with van der Waals surface area (Å²) in [6.07, 6.45) is 2.60. The van der Waals surface area contributed by atoms with Crippen molar-refractivity contribution in [3.05, 3.63) is 12.2 Å². The first kappa shape index (κ1) is 10.9. The van der Waals surface area contributed by atoms with Crippen molar-refractivity contribution < 1.29 is 9.53 Å². The topological polar surface area (TPSA) is 26.3 Å². The zero-order valence-corrected chi connectivity index (χ0v) is 7.47. The summed E-state index contributed by atoms with van der Waals surface area (Å²) in [5.41, 5.74) is 0. The lowest BCUT2D eigenvalue weighted by Gasteiger charge is -1.84. The van der Waals surface area contributed by atoms with Gasteiger partial charge in [0.15, 0.2) is 0 Å². The fraction of sp³-hybridized carbons (Fsp3) is 0.182. The molecule has 0 rings (SSSR count). The third kappa shape index (κ3) is 7.79. The Labute approximate surface area is 78.0 Å². The van der Waals surface area contributed by atoms with Crippen molar-refractivity contribution in [1.82, 2.24) is 0 Å². The maximum absolute atomic E-state index is 10.5. The molecule has 64 valence electrons. The van der Waals surface area contributed by atoms with Crippen LogP contribution in [0, 0.1) is 35.5 Å². The lowest BCUT2D eigenvalue weighted by Crippen LogP contribution is -1.92. The molecular weight excluding hydrogens is 164 g/mol. The van der Waals surface area contributed by atoms with E-state index in [4.69, 9.17) is 0 Å². The van der Waals surface area contributed by atoms with Gasteiger partial charge in [-0.3, -0.25) is 0 Å². The standard InChI is InChI=1S/C11H8O2/c1-3-4-5-6-7-8-9-10-11(12)13-2/h9-10H,1-2H3. The van der Waals surface area contributed by atoms with E-state index in [0.29, 0.717) is 0 Å². The molecule has 0 aliphatic carbocycles. The predicted octanol–water partition coefficient (Wildman–Crippen LogP) is 0.746. The van der Waals surface area contributed by atoms with Crippen molar-refractivity contribution in [2.24, 2.45) is 0 Å². The normalized spacial score (nSPS) is 6.92. The van der Waals surface area contributed by atoms with Crippen molar-refractivity contribution in [1.29, 1.82) is 0 Å². The highest BCUT2D eigenvalue weighted by atomic mass is 16.5. The van der Waals surface area contributed by atoms with Gasteiger partial charge in [0, 0.05) is 6.08 Å². The number of allylic oxidation sites excluding steroid dienone is 1. The summed E-state index contributed by atoms with van der Waals surface area (Å²) < 4.78 is 4.34. The van der Waals surface area contributed by atoms with Gasteiger partial charge in [-0.25, -0.2) is 4.79 Å². The minimum absolute atomic E-state index is 0.435. The first-order chi connectivity index (χ1) is 6.31. The molecule has 0 aromatic heterocycles. The Bertz CT molecular complexity index is 370. The molecule has 13 heavy (non-hydrogen) atoms. The summed E-state index contributed by atoms with van der Waals surface area (Å²) in [5.74, 6) is 14.7. The lowest BCUT2D eigenvalue weighted by atomic mass is 10.4. The number of rotatable bonds is 1. The van der Waals surface area contributed by atoms with Crippen LogP contribution in [0.3, 0.4) is 0 Å². The van der Waals surface area contributed by atoms with E-state index in [1.54, 1.807) is 6.92 Å². The van der Waals surface area contributed by atoms with Gasteiger partial charge in [-0.15, -0.1) is 0 Å². The maximum Gasteiger partial charge on any atom is 0.331 e. The number of esters is 1. The molecule has 0 aliphatic rings. The van der Waals surface area contributed by atoms with E-state index in [1.165, 1.54) is 19.3 Å². The van der Waals surface area contributed by atoms with Crippen LogP contribution in [-0.2, 0) is 9.53 Å². The van der Waals surface area contributed by atoms with Crippen LogP contribution < -0.4 is 0 Å². The van der Waals surface area contributed by atoms with Crippen LogP contribution in [0.2, 0.25) is 0 Å². The molecule has 0 unspecified atom stereocenters. The van der Waals surface area contributed by atoms with Crippen LogP contribution in [-0.4, -0.2) is 13.1 Å². The number of methoxy groups -OCH3 is 1. The van der Waals surface area contributed by atoms with Crippen molar-refractivity contribution in [3.63, 3.8) is 0 Å².